The Bertz CT molecular complexity index is 232. The molecule has 0 bridgehead atoms. The predicted octanol–water partition coefficient (Wildman–Crippen LogP) is 1.39. The van der Waals surface area contributed by atoms with Crippen LogP contribution in [0.5, 0.6) is 0 Å². The second kappa shape index (κ2) is 6.14. The minimum absolute atomic E-state index is 0.152. The van der Waals surface area contributed by atoms with Crippen LogP contribution in [-0.4, -0.2) is 29.9 Å². The monoisotopic (exact) mass is 224 g/mol. The second-order valence-corrected chi connectivity index (χ2v) is 4.55. The lowest BCUT2D eigenvalue weighted by Crippen LogP contribution is -2.28. The van der Waals surface area contributed by atoms with Crippen molar-refractivity contribution in [2.45, 2.75) is 26.8 Å². The summed E-state index contributed by atoms with van der Waals surface area (Å²) in [6, 6.07) is -0.677. The van der Waals surface area contributed by atoms with E-state index in [1.54, 1.807) is 20.8 Å². The van der Waals surface area contributed by atoms with Crippen LogP contribution in [0, 0.1) is 0 Å². The fourth-order valence-electron chi connectivity index (χ4n) is 0.905. The van der Waals surface area contributed by atoms with Gasteiger partial charge in [0.25, 0.3) is 0 Å². The molecule has 0 aliphatic carbocycles. The van der Waals surface area contributed by atoms with Crippen molar-refractivity contribution >= 4 is 13.0 Å². The average Bonchev–Trinajstić information content (AvgIpc) is 2.04. The zero-order chi connectivity index (χ0) is 11.2. The lowest BCUT2D eigenvalue weighted by Gasteiger charge is -2.19. The minimum atomic E-state index is -3.51. The molecule has 1 unspecified atom stereocenters. The number of hydrogen-bond donors (Lipinski definition) is 2. The molecular formula is C7H17N2O4P. The molecule has 0 heterocycles. The summed E-state index contributed by atoms with van der Waals surface area (Å²) in [4.78, 5) is 0. The fraction of sp³-hybridized carbons (Fsp3) is 0.857. The van der Waals surface area contributed by atoms with Crippen LogP contribution in [0.15, 0.2) is 5.16 Å². The Hall–Kier alpha value is -0.420. The molecular weight excluding hydrogens is 207 g/mol. The van der Waals surface area contributed by atoms with E-state index in [1.807, 2.05) is 0 Å². The van der Waals surface area contributed by atoms with Gasteiger partial charge in [-0.2, -0.15) is 0 Å². The summed E-state index contributed by atoms with van der Waals surface area (Å²) in [7, 11) is -3.51. The summed E-state index contributed by atoms with van der Waals surface area (Å²) in [5.41, 5.74) is 5.32. The van der Waals surface area contributed by atoms with Crippen LogP contribution in [0.25, 0.3) is 0 Å². The zero-order valence-electron chi connectivity index (χ0n) is 8.64. The van der Waals surface area contributed by atoms with E-state index in [0.717, 1.165) is 0 Å². The summed E-state index contributed by atoms with van der Waals surface area (Å²) in [6.45, 7) is 5.27. The van der Waals surface area contributed by atoms with Crippen LogP contribution < -0.4 is 5.73 Å². The molecule has 0 aromatic heterocycles. The predicted molar refractivity (Wildman–Crippen MR) is 53.7 cm³/mol. The first-order valence-corrected chi connectivity index (χ1v) is 5.93. The van der Waals surface area contributed by atoms with Crippen molar-refractivity contribution in [1.29, 1.82) is 0 Å². The SMILES string of the molecule is CCOP(=O)(OCC)/C(=N\O)C(C)N. The van der Waals surface area contributed by atoms with Crippen LogP contribution in [0.2, 0.25) is 0 Å². The topological polar surface area (TPSA) is 94.1 Å². The van der Waals surface area contributed by atoms with Crippen LogP contribution in [0.3, 0.4) is 0 Å². The molecule has 84 valence electrons. The van der Waals surface area contributed by atoms with Crippen molar-refractivity contribution in [2.24, 2.45) is 10.9 Å². The van der Waals surface area contributed by atoms with E-state index in [4.69, 9.17) is 20.0 Å². The summed E-state index contributed by atoms with van der Waals surface area (Å²) in [6.07, 6.45) is 0. The van der Waals surface area contributed by atoms with Crippen molar-refractivity contribution in [3.05, 3.63) is 0 Å². The van der Waals surface area contributed by atoms with E-state index in [0.29, 0.717) is 0 Å². The van der Waals surface area contributed by atoms with Crippen molar-refractivity contribution in [1.82, 2.24) is 0 Å². The van der Waals surface area contributed by atoms with E-state index >= 15 is 0 Å². The molecule has 7 heteroatoms. The van der Waals surface area contributed by atoms with E-state index in [1.165, 1.54) is 0 Å². The maximum atomic E-state index is 12.0. The normalized spacial score (nSPS) is 15.6. The van der Waals surface area contributed by atoms with Gasteiger partial charge in [-0.05, 0) is 20.8 Å². The highest BCUT2D eigenvalue weighted by molar-refractivity contribution is 7.72. The first-order chi connectivity index (χ1) is 6.51. The standard InChI is InChI=1S/C7H17N2O4P/c1-4-12-14(11,13-5-2)7(9-10)6(3)8/h6,10H,4-5,8H2,1-3H3/b9-7-. The Morgan fingerprint density at radius 2 is 1.93 bits per heavy atom. The van der Waals surface area contributed by atoms with Gasteiger partial charge in [-0.1, -0.05) is 5.16 Å². The van der Waals surface area contributed by atoms with Crippen molar-refractivity contribution in [3.63, 3.8) is 0 Å². The van der Waals surface area contributed by atoms with Gasteiger partial charge < -0.3 is 20.0 Å². The minimum Gasteiger partial charge on any atom is -0.410 e. The van der Waals surface area contributed by atoms with Gasteiger partial charge in [0.05, 0.1) is 19.3 Å². The molecule has 3 N–H and O–H groups in total. The van der Waals surface area contributed by atoms with Gasteiger partial charge in [0.15, 0.2) is 5.45 Å². The maximum absolute atomic E-state index is 12.0. The molecule has 0 aromatic rings. The Balaban J connectivity index is 4.88. The number of nitrogens with zero attached hydrogens (tertiary/aromatic N) is 1. The Morgan fingerprint density at radius 3 is 2.14 bits per heavy atom. The third-order valence-electron chi connectivity index (χ3n) is 1.39. The average molecular weight is 224 g/mol. The van der Waals surface area contributed by atoms with E-state index in [2.05, 4.69) is 5.16 Å². The molecule has 0 saturated carbocycles. The molecule has 14 heavy (non-hydrogen) atoms. The lowest BCUT2D eigenvalue weighted by atomic mass is 10.4. The quantitative estimate of drug-likeness (QED) is 0.307. The number of hydrogen-bond acceptors (Lipinski definition) is 6. The van der Waals surface area contributed by atoms with Crippen LogP contribution in [-0.2, 0) is 13.6 Å². The highest BCUT2D eigenvalue weighted by atomic mass is 31.2. The molecule has 0 spiro atoms. The van der Waals surface area contributed by atoms with E-state index in [9.17, 15) is 4.57 Å². The van der Waals surface area contributed by atoms with Crippen molar-refractivity contribution in [2.75, 3.05) is 13.2 Å². The van der Waals surface area contributed by atoms with Crippen molar-refractivity contribution in [3.8, 4) is 0 Å². The molecule has 0 aliphatic rings. The number of nitrogens with two attached hydrogens (primary N) is 1. The molecule has 1 atom stereocenters. The highest BCUT2D eigenvalue weighted by Crippen LogP contribution is 2.50. The summed E-state index contributed by atoms with van der Waals surface area (Å²) >= 11 is 0. The smallest absolute Gasteiger partial charge is 0.380 e. The van der Waals surface area contributed by atoms with Gasteiger partial charge in [0.2, 0.25) is 0 Å². The van der Waals surface area contributed by atoms with Gasteiger partial charge in [-0.25, -0.2) is 0 Å². The van der Waals surface area contributed by atoms with Crippen LogP contribution in [0.1, 0.15) is 20.8 Å². The highest BCUT2D eigenvalue weighted by Gasteiger charge is 2.34. The van der Waals surface area contributed by atoms with Gasteiger partial charge in [0.1, 0.15) is 0 Å². The first-order valence-electron chi connectivity index (χ1n) is 4.39. The largest absolute Gasteiger partial charge is 0.410 e. The third kappa shape index (κ3) is 3.38. The molecule has 0 aliphatic heterocycles. The lowest BCUT2D eigenvalue weighted by molar-refractivity contribution is 0.229. The van der Waals surface area contributed by atoms with Gasteiger partial charge in [-0.15, -0.1) is 0 Å². The molecule has 0 saturated heterocycles. The Morgan fingerprint density at radius 1 is 1.50 bits per heavy atom. The van der Waals surface area contributed by atoms with Crippen LogP contribution in [0.4, 0.5) is 0 Å². The zero-order valence-corrected chi connectivity index (χ0v) is 9.53. The molecule has 0 rings (SSSR count). The first kappa shape index (κ1) is 13.6. The Kier molecular flexibility index (Phi) is 5.95. The summed E-state index contributed by atoms with van der Waals surface area (Å²) in [5.74, 6) is 0. The fourth-order valence-corrected chi connectivity index (χ4v) is 2.53. The van der Waals surface area contributed by atoms with E-state index in [-0.39, 0.29) is 18.7 Å². The third-order valence-corrected chi connectivity index (χ3v) is 3.64. The number of rotatable bonds is 6. The Labute approximate surface area is 83.6 Å². The molecule has 0 amide bonds. The van der Waals surface area contributed by atoms with Gasteiger partial charge >= 0.3 is 7.60 Å². The molecule has 0 radical (unpaired) electrons. The summed E-state index contributed by atoms with van der Waals surface area (Å²) < 4.78 is 21.9. The van der Waals surface area contributed by atoms with Crippen molar-refractivity contribution < 1.29 is 18.8 Å². The van der Waals surface area contributed by atoms with Gasteiger partial charge in [0, 0.05) is 0 Å². The number of oxime groups is 1. The second-order valence-electron chi connectivity index (χ2n) is 2.58. The molecule has 6 nitrogen and oxygen atoms in total. The maximum Gasteiger partial charge on any atom is 0.380 e. The molecule has 0 fully saturated rings. The van der Waals surface area contributed by atoms with Gasteiger partial charge in [-0.3, -0.25) is 4.57 Å². The summed E-state index contributed by atoms with van der Waals surface area (Å²) in [5, 5.41) is 11.5. The molecule has 0 aromatic carbocycles. The van der Waals surface area contributed by atoms with E-state index < -0.39 is 13.6 Å². The van der Waals surface area contributed by atoms with Crippen LogP contribution >= 0.6 is 7.60 Å².